The van der Waals surface area contributed by atoms with Crippen LogP contribution in [0.1, 0.15) is 48.3 Å². The first-order chi connectivity index (χ1) is 21.6. The van der Waals surface area contributed by atoms with Gasteiger partial charge in [0.1, 0.15) is 5.54 Å². The van der Waals surface area contributed by atoms with Crippen LogP contribution in [-0.2, 0) is 25.7 Å². The molecule has 0 bridgehead atoms. The van der Waals surface area contributed by atoms with Crippen molar-refractivity contribution in [2.75, 3.05) is 36.5 Å². The van der Waals surface area contributed by atoms with E-state index in [1.165, 1.54) is 0 Å². The SMILES string of the molecule is O=C(Nc1ccc(C2OC(CN3CCC4(CC3)C(=O)NCN4c3ccccc3)CC(c3ccc(CO)cc3)O2)cc1)C(Cl)(Cl)Cl. The minimum absolute atomic E-state index is 0.0303. The highest BCUT2D eigenvalue weighted by Gasteiger charge is 2.50. The van der Waals surface area contributed by atoms with E-state index < -0.39 is 21.5 Å². The maximum Gasteiger partial charge on any atom is 0.276 e. The van der Waals surface area contributed by atoms with E-state index in [0.717, 1.165) is 35.5 Å². The number of alkyl halides is 3. The predicted octanol–water partition coefficient (Wildman–Crippen LogP) is 5.46. The van der Waals surface area contributed by atoms with E-state index in [1.54, 1.807) is 12.1 Å². The maximum absolute atomic E-state index is 13.1. The number of nitrogens with zero attached hydrogens (tertiary/aromatic N) is 2. The number of carbonyl (C=O) groups excluding carboxylic acids is 2. The van der Waals surface area contributed by atoms with Crippen molar-refractivity contribution in [1.29, 1.82) is 0 Å². The van der Waals surface area contributed by atoms with Crippen LogP contribution < -0.4 is 15.5 Å². The Balaban J connectivity index is 1.16. The van der Waals surface area contributed by atoms with E-state index in [9.17, 15) is 14.7 Å². The molecule has 238 valence electrons. The molecule has 0 aliphatic carbocycles. The third-order valence-corrected chi connectivity index (χ3v) is 9.38. The van der Waals surface area contributed by atoms with Crippen LogP contribution in [0.5, 0.6) is 0 Å². The second-order valence-corrected chi connectivity index (χ2v) is 14.0. The number of nitrogens with one attached hydrogen (secondary N) is 2. The number of benzene rings is 3. The van der Waals surface area contributed by atoms with E-state index in [2.05, 4.69) is 32.6 Å². The zero-order chi connectivity index (χ0) is 31.6. The fourth-order valence-electron chi connectivity index (χ4n) is 6.38. The van der Waals surface area contributed by atoms with Crippen molar-refractivity contribution in [2.24, 2.45) is 0 Å². The van der Waals surface area contributed by atoms with Gasteiger partial charge in [-0.2, -0.15) is 0 Å². The second-order valence-electron chi connectivity index (χ2n) is 11.7. The van der Waals surface area contributed by atoms with Crippen LogP contribution in [0.4, 0.5) is 11.4 Å². The largest absolute Gasteiger partial charge is 0.392 e. The van der Waals surface area contributed by atoms with Crippen molar-refractivity contribution in [2.45, 2.75) is 53.7 Å². The Hall–Kier alpha value is -2.89. The first-order valence-electron chi connectivity index (χ1n) is 15.0. The summed E-state index contributed by atoms with van der Waals surface area (Å²) in [6.07, 6.45) is 1.03. The van der Waals surface area contributed by atoms with Gasteiger partial charge in [0.05, 0.1) is 25.5 Å². The number of halogens is 3. The molecule has 0 aromatic heterocycles. The van der Waals surface area contributed by atoms with Gasteiger partial charge < -0.3 is 35.0 Å². The number of rotatable bonds is 7. The third-order valence-electron chi connectivity index (χ3n) is 8.86. The van der Waals surface area contributed by atoms with Gasteiger partial charge in [0.25, 0.3) is 9.70 Å². The van der Waals surface area contributed by atoms with Gasteiger partial charge in [0.15, 0.2) is 6.29 Å². The fraction of sp³-hybridized carbons (Fsp3) is 0.394. The summed E-state index contributed by atoms with van der Waals surface area (Å²) in [5.41, 5.74) is 3.57. The normalized spacial score (nSPS) is 23.6. The highest BCUT2D eigenvalue weighted by Crippen LogP contribution is 2.40. The van der Waals surface area contributed by atoms with Gasteiger partial charge in [0, 0.05) is 43.0 Å². The molecule has 45 heavy (non-hydrogen) atoms. The summed E-state index contributed by atoms with van der Waals surface area (Å²) in [5.74, 6) is -0.657. The van der Waals surface area contributed by atoms with Gasteiger partial charge >= 0.3 is 0 Å². The van der Waals surface area contributed by atoms with Crippen LogP contribution in [0, 0.1) is 0 Å². The van der Waals surface area contributed by atoms with Gasteiger partial charge in [-0.25, -0.2) is 0 Å². The Morgan fingerprint density at radius 2 is 1.62 bits per heavy atom. The lowest BCUT2D eigenvalue weighted by molar-refractivity contribution is -0.253. The lowest BCUT2D eigenvalue weighted by Gasteiger charge is -2.45. The third kappa shape index (κ3) is 7.10. The van der Waals surface area contributed by atoms with Crippen molar-refractivity contribution in [3.8, 4) is 0 Å². The number of likely N-dealkylation sites (tertiary alicyclic amines) is 1. The van der Waals surface area contributed by atoms with E-state index in [4.69, 9.17) is 44.3 Å². The Bertz CT molecular complexity index is 1480. The summed E-state index contributed by atoms with van der Waals surface area (Å²) in [6.45, 7) is 2.69. The number of ether oxygens (including phenoxy) is 2. The quantitative estimate of drug-likeness (QED) is 0.286. The number of hydrogen-bond acceptors (Lipinski definition) is 7. The average Bonchev–Trinajstić information content (AvgIpc) is 3.37. The number of piperidine rings is 1. The van der Waals surface area contributed by atoms with Crippen LogP contribution in [0.2, 0.25) is 0 Å². The molecule has 0 radical (unpaired) electrons. The van der Waals surface area contributed by atoms with E-state index >= 15 is 0 Å². The summed E-state index contributed by atoms with van der Waals surface area (Å²) in [7, 11) is 0. The molecular formula is C33H35Cl3N4O5. The first kappa shape index (κ1) is 32.1. The van der Waals surface area contributed by atoms with Gasteiger partial charge in [0.2, 0.25) is 5.91 Å². The summed E-state index contributed by atoms with van der Waals surface area (Å²) in [4.78, 5) is 29.8. The number of para-hydroxylation sites is 1. The molecule has 2 amide bonds. The molecule has 3 fully saturated rings. The Morgan fingerprint density at radius 3 is 2.27 bits per heavy atom. The molecule has 3 aromatic rings. The highest BCUT2D eigenvalue weighted by atomic mass is 35.6. The van der Waals surface area contributed by atoms with Crippen LogP contribution in [0.25, 0.3) is 0 Å². The van der Waals surface area contributed by atoms with Gasteiger partial charge in [-0.15, -0.1) is 0 Å². The summed E-state index contributed by atoms with van der Waals surface area (Å²) in [5, 5.41) is 15.2. The van der Waals surface area contributed by atoms with Crippen molar-refractivity contribution in [3.63, 3.8) is 0 Å². The van der Waals surface area contributed by atoms with E-state index in [0.29, 0.717) is 38.2 Å². The summed E-state index contributed by atoms with van der Waals surface area (Å²) < 4.78 is 10.9. The number of anilines is 2. The molecule has 12 heteroatoms. The lowest BCUT2D eigenvalue weighted by atomic mass is 9.85. The standard InChI is InChI=1S/C33H35Cl3N4O5/c34-33(35,36)31(43)38-25-12-10-24(11-13-25)29-44-27(18-28(45-29)23-8-6-22(20-41)7-9-23)19-39-16-14-32(15-17-39)30(42)37-21-40(32)26-4-2-1-3-5-26/h1-13,27-29,41H,14-21H2,(H,37,42)(H,38,43). The smallest absolute Gasteiger partial charge is 0.276 e. The van der Waals surface area contributed by atoms with Crippen LogP contribution in [0.15, 0.2) is 78.9 Å². The van der Waals surface area contributed by atoms with Crippen molar-refractivity contribution in [3.05, 3.63) is 95.6 Å². The monoisotopic (exact) mass is 672 g/mol. The van der Waals surface area contributed by atoms with E-state index in [1.807, 2.05) is 54.6 Å². The van der Waals surface area contributed by atoms with Crippen LogP contribution in [0.3, 0.4) is 0 Å². The second kappa shape index (κ2) is 13.5. The van der Waals surface area contributed by atoms with E-state index in [-0.39, 0.29) is 24.7 Å². The minimum atomic E-state index is -2.07. The molecule has 3 unspecified atom stereocenters. The topological polar surface area (TPSA) is 103 Å². The molecule has 3 N–H and O–H groups in total. The molecule has 1 spiro atoms. The highest BCUT2D eigenvalue weighted by molar-refractivity contribution is 6.76. The fourth-order valence-corrected chi connectivity index (χ4v) is 6.53. The molecule has 6 rings (SSSR count). The number of aliphatic hydroxyl groups excluding tert-OH is 1. The molecule has 3 aliphatic heterocycles. The molecule has 3 heterocycles. The van der Waals surface area contributed by atoms with Gasteiger partial charge in [-0.05, 0) is 48.2 Å². The molecule has 3 atom stereocenters. The summed E-state index contributed by atoms with van der Waals surface area (Å²) >= 11 is 17.1. The molecular weight excluding hydrogens is 639 g/mol. The number of amides is 2. The zero-order valence-electron chi connectivity index (χ0n) is 24.5. The molecule has 0 saturated carbocycles. The van der Waals surface area contributed by atoms with Crippen LogP contribution >= 0.6 is 34.8 Å². The minimum Gasteiger partial charge on any atom is -0.392 e. The summed E-state index contributed by atoms with van der Waals surface area (Å²) in [6, 6.07) is 24.9. The predicted molar refractivity (Wildman–Crippen MR) is 174 cm³/mol. The Kier molecular flexibility index (Phi) is 9.59. The van der Waals surface area contributed by atoms with Gasteiger partial charge in [-0.1, -0.05) is 89.4 Å². The molecule has 3 aliphatic rings. The van der Waals surface area contributed by atoms with Crippen molar-refractivity contribution >= 4 is 58.0 Å². The Morgan fingerprint density at radius 1 is 0.956 bits per heavy atom. The molecule has 3 saturated heterocycles. The van der Waals surface area contributed by atoms with Gasteiger partial charge in [-0.3, -0.25) is 9.59 Å². The lowest BCUT2D eigenvalue weighted by Crippen LogP contribution is -2.57. The van der Waals surface area contributed by atoms with Crippen LogP contribution in [-0.4, -0.2) is 63.6 Å². The number of aliphatic hydroxyl groups is 1. The number of hydrogen-bond donors (Lipinski definition) is 3. The average molecular weight is 674 g/mol. The zero-order valence-corrected chi connectivity index (χ0v) is 26.8. The number of carbonyl (C=O) groups is 2. The molecule has 9 nitrogen and oxygen atoms in total. The maximum atomic E-state index is 13.1. The van der Waals surface area contributed by atoms with Crippen molar-refractivity contribution in [1.82, 2.24) is 10.2 Å². The Labute approximate surface area is 277 Å². The molecule has 3 aromatic carbocycles. The van der Waals surface area contributed by atoms with Crippen molar-refractivity contribution < 1.29 is 24.2 Å². The first-order valence-corrected chi connectivity index (χ1v) is 16.1.